The molecule has 0 fully saturated rings. The van der Waals surface area contributed by atoms with Crippen LogP contribution in [0.25, 0.3) is 0 Å². The minimum atomic E-state index is -5.01. The Morgan fingerprint density at radius 3 is 0.900 bits per heavy atom. The average Bonchev–Trinajstić information content (AvgIpc) is 0.932. The third-order valence-electron chi connectivity index (χ3n) is 15.3. The number of aliphatic hydroxyl groups is 1. The van der Waals surface area contributed by atoms with Gasteiger partial charge >= 0.3 is 39.5 Å². The first kappa shape index (κ1) is 94.9. The maximum Gasteiger partial charge on any atom is 0.472 e. The van der Waals surface area contributed by atoms with Crippen molar-refractivity contribution >= 4 is 39.5 Å². The SMILES string of the molecule is CC/C=C\C/C=C\C/C=C\C/C=C\C/C=C\CC(=O)OC(COC(=O)CCCCCCCCC/C=C\C/C=C\C/C=C\CC)COP(=O)(O)OCC(O)COP(=O)(O)OCC(COC(=O)CCCCCCC/C=C\C/C=C\C/C=C\CC)OC(=O)CCCCCCC/C=C\CCCCCC. The van der Waals surface area contributed by atoms with Crippen LogP contribution >= 0.6 is 15.6 Å². The molecule has 570 valence electrons. The molecule has 19 heteroatoms. The van der Waals surface area contributed by atoms with Crippen LogP contribution < -0.4 is 0 Å². The van der Waals surface area contributed by atoms with E-state index >= 15 is 0 Å². The highest BCUT2D eigenvalue weighted by Crippen LogP contribution is 2.45. The van der Waals surface area contributed by atoms with Crippen molar-refractivity contribution in [3.63, 3.8) is 0 Å². The molecule has 0 spiro atoms. The molecule has 0 bridgehead atoms. The van der Waals surface area contributed by atoms with Crippen LogP contribution in [-0.2, 0) is 65.4 Å². The number of phosphoric acid groups is 2. The summed E-state index contributed by atoms with van der Waals surface area (Å²) in [6.07, 6.45) is 81.6. The number of carbonyl (C=O) groups excluding carboxylic acids is 4. The van der Waals surface area contributed by atoms with Crippen molar-refractivity contribution in [2.75, 3.05) is 39.6 Å². The van der Waals surface area contributed by atoms with Gasteiger partial charge < -0.3 is 33.8 Å². The number of phosphoric ester groups is 2. The Balaban J connectivity index is 5.44. The molecule has 0 saturated heterocycles. The maximum atomic E-state index is 13.1. The molecule has 0 aromatic carbocycles. The van der Waals surface area contributed by atoms with Crippen LogP contribution in [-0.4, -0.2) is 96.7 Å². The number of esters is 4. The molecule has 0 aliphatic carbocycles. The summed E-state index contributed by atoms with van der Waals surface area (Å²) in [6.45, 7) is 4.35. The molecule has 0 radical (unpaired) electrons. The molecule has 17 nitrogen and oxygen atoms in total. The molecule has 5 atom stereocenters. The van der Waals surface area contributed by atoms with E-state index in [1.165, 1.54) is 25.7 Å². The standard InChI is InChI=1S/C81H134O17P2/c1-5-9-13-17-21-25-29-33-36-37-40-43-46-50-54-58-62-66-79(84)92-72-77(98-81(86)68-64-60-56-52-48-44-39-35-31-27-23-19-15-11-7-3)74-96-100(89,90)94-70-75(82)69-93-99(87,88)95-73-76(97-80(85)67-63-59-55-51-47-41-32-28-24-20-16-12-8-4)71-91-78(83)65-61-57-53-49-45-42-38-34-30-26-22-18-14-10-6-2/h9-11,13-15,21-23,25-28,32-36,38-39,48,52,60,64,75-77,82H,5-8,12,16-20,24,29-31,37,40-47,49-51,53-59,61-63,65-74H2,1-4H3,(H,87,88)(H,89,90)/b13-9-,14-10-,15-11-,25-21-,26-22-,27-23-,32-28-,36-33-,38-34-,39-35-,52-48-,64-60-. The van der Waals surface area contributed by atoms with Crippen molar-refractivity contribution in [1.29, 1.82) is 0 Å². The Kier molecular flexibility index (Phi) is 68.6. The number of carbonyl (C=O) groups is 4. The molecular formula is C81H134O17P2. The van der Waals surface area contributed by atoms with Gasteiger partial charge in [0, 0.05) is 19.3 Å². The second-order valence-electron chi connectivity index (χ2n) is 24.8. The fourth-order valence-corrected chi connectivity index (χ4v) is 11.2. The number of hydrogen-bond acceptors (Lipinski definition) is 15. The van der Waals surface area contributed by atoms with Crippen molar-refractivity contribution in [2.24, 2.45) is 0 Å². The van der Waals surface area contributed by atoms with E-state index in [4.69, 9.17) is 37.0 Å². The summed E-state index contributed by atoms with van der Waals surface area (Å²) in [5, 5.41) is 10.6. The lowest BCUT2D eigenvalue weighted by Crippen LogP contribution is -2.30. The molecule has 0 heterocycles. The predicted octanol–water partition coefficient (Wildman–Crippen LogP) is 21.9. The van der Waals surface area contributed by atoms with E-state index < -0.39 is 97.5 Å². The molecular weight excluding hydrogens is 1310 g/mol. The zero-order valence-corrected chi connectivity index (χ0v) is 63.9. The van der Waals surface area contributed by atoms with E-state index in [2.05, 4.69) is 149 Å². The van der Waals surface area contributed by atoms with Gasteiger partial charge in [-0.05, 0) is 141 Å². The van der Waals surface area contributed by atoms with Crippen LogP contribution in [0.1, 0.15) is 285 Å². The van der Waals surface area contributed by atoms with Crippen molar-refractivity contribution < 1.29 is 80.2 Å². The molecule has 0 aliphatic heterocycles. The third kappa shape index (κ3) is 71.3. The highest BCUT2D eigenvalue weighted by Gasteiger charge is 2.30. The molecule has 0 aliphatic rings. The van der Waals surface area contributed by atoms with Crippen molar-refractivity contribution in [3.05, 3.63) is 146 Å². The minimum Gasteiger partial charge on any atom is -0.462 e. The molecule has 0 amide bonds. The van der Waals surface area contributed by atoms with Crippen LogP contribution in [0.5, 0.6) is 0 Å². The second-order valence-corrected chi connectivity index (χ2v) is 27.7. The van der Waals surface area contributed by atoms with Crippen LogP contribution in [0.2, 0.25) is 0 Å². The van der Waals surface area contributed by atoms with Gasteiger partial charge in [-0.25, -0.2) is 9.13 Å². The lowest BCUT2D eigenvalue weighted by molar-refractivity contribution is -0.161. The molecule has 3 N–H and O–H groups in total. The molecule has 100 heavy (non-hydrogen) atoms. The van der Waals surface area contributed by atoms with Crippen LogP contribution in [0.4, 0.5) is 0 Å². The van der Waals surface area contributed by atoms with E-state index in [0.29, 0.717) is 25.7 Å². The zero-order valence-electron chi connectivity index (χ0n) is 62.1. The summed E-state index contributed by atoms with van der Waals surface area (Å²) in [6, 6.07) is 0. The fraction of sp³-hybridized carbons (Fsp3) is 0.654. The predicted molar refractivity (Wildman–Crippen MR) is 408 cm³/mol. The number of aliphatic hydroxyl groups excluding tert-OH is 1. The smallest absolute Gasteiger partial charge is 0.462 e. The first-order chi connectivity index (χ1) is 48.7. The second kappa shape index (κ2) is 72.3. The van der Waals surface area contributed by atoms with E-state index in [1.54, 1.807) is 12.2 Å². The lowest BCUT2D eigenvalue weighted by atomic mass is 10.1. The third-order valence-corrected chi connectivity index (χ3v) is 17.2. The van der Waals surface area contributed by atoms with Gasteiger partial charge in [0.2, 0.25) is 0 Å². The van der Waals surface area contributed by atoms with E-state index in [-0.39, 0.29) is 25.7 Å². The van der Waals surface area contributed by atoms with Gasteiger partial charge in [0.1, 0.15) is 19.3 Å². The number of rotatable bonds is 70. The largest absolute Gasteiger partial charge is 0.472 e. The molecule has 0 aromatic heterocycles. The molecule has 0 saturated carbocycles. The minimum absolute atomic E-state index is 0.0750. The summed E-state index contributed by atoms with van der Waals surface area (Å²) in [7, 11) is -10.00. The molecule has 0 aromatic rings. The topological polar surface area (TPSA) is 237 Å². The van der Waals surface area contributed by atoms with Gasteiger partial charge in [-0.2, -0.15) is 0 Å². The first-order valence-corrected chi connectivity index (χ1v) is 41.1. The van der Waals surface area contributed by atoms with Gasteiger partial charge in [-0.1, -0.05) is 263 Å². The van der Waals surface area contributed by atoms with Crippen molar-refractivity contribution in [1.82, 2.24) is 0 Å². The Bertz CT molecular complexity index is 2470. The zero-order chi connectivity index (χ0) is 73.2. The summed E-state index contributed by atoms with van der Waals surface area (Å²) in [4.78, 5) is 72.8. The van der Waals surface area contributed by atoms with Gasteiger partial charge in [-0.15, -0.1) is 0 Å². The molecule has 0 rings (SSSR count). The van der Waals surface area contributed by atoms with Crippen LogP contribution in [0.15, 0.2) is 146 Å². The Morgan fingerprint density at radius 2 is 0.560 bits per heavy atom. The summed E-state index contributed by atoms with van der Waals surface area (Å²) in [5.74, 6) is -2.37. The Morgan fingerprint density at radius 1 is 0.300 bits per heavy atom. The van der Waals surface area contributed by atoms with Crippen molar-refractivity contribution in [3.8, 4) is 0 Å². The van der Waals surface area contributed by atoms with Crippen LogP contribution in [0, 0.1) is 0 Å². The van der Waals surface area contributed by atoms with Gasteiger partial charge in [0.05, 0.1) is 32.8 Å². The highest BCUT2D eigenvalue weighted by atomic mass is 31.2. The first-order valence-electron chi connectivity index (χ1n) is 38.1. The Labute approximate surface area is 605 Å². The fourth-order valence-electron chi connectivity index (χ4n) is 9.61. The summed E-state index contributed by atoms with van der Waals surface area (Å²) >= 11 is 0. The van der Waals surface area contributed by atoms with E-state index in [0.717, 1.165) is 180 Å². The monoisotopic (exact) mass is 1440 g/mol. The average molecular weight is 1440 g/mol. The normalized spacial score (nSPS) is 14.8. The Hall–Kier alpha value is -5.06. The number of unbranched alkanes of at least 4 members (excludes halogenated alkanes) is 21. The van der Waals surface area contributed by atoms with E-state index in [9.17, 15) is 43.2 Å². The number of ether oxygens (including phenoxy) is 4. The molecule has 5 unspecified atom stereocenters. The maximum absolute atomic E-state index is 13.1. The lowest BCUT2D eigenvalue weighted by Gasteiger charge is -2.21. The quantitative estimate of drug-likeness (QED) is 0.0169. The summed E-state index contributed by atoms with van der Waals surface area (Å²) in [5.41, 5.74) is 0. The summed E-state index contributed by atoms with van der Waals surface area (Å²) < 4.78 is 68.3. The highest BCUT2D eigenvalue weighted by molar-refractivity contribution is 7.47. The van der Waals surface area contributed by atoms with Crippen LogP contribution in [0.3, 0.4) is 0 Å². The van der Waals surface area contributed by atoms with E-state index in [1.807, 2.05) is 12.2 Å². The van der Waals surface area contributed by atoms with Gasteiger partial charge in [0.15, 0.2) is 12.2 Å². The van der Waals surface area contributed by atoms with Crippen molar-refractivity contribution in [2.45, 2.75) is 303 Å². The van der Waals surface area contributed by atoms with Gasteiger partial charge in [0.25, 0.3) is 0 Å². The van der Waals surface area contributed by atoms with Gasteiger partial charge in [-0.3, -0.25) is 37.3 Å². The number of hydrogen-bond donors (Lipinski definition) is 3. The number of allylic oxidation sites excluding steroid dienone is 23.